The second kappa shape index (κ2) is 7.89. The van der Waals surface area contributed by atoms with E-state index in [9.17, 15) is 10.1 Å². The first-order valence-corrected chi connectivity index (χ1v) is 9.49. The van der Waals surface area contributed by atoms with E-state index in [1.54, 1.807) is 43.5 Å². The summed E-state index contributed by atoms with van der Waals surface area (Å²) in [6, 6.07) is 9.84. The maximum atomic E-state index is 13.5. The number of nitriles is 1. The topological polar surface area (TPSA) is 161 Å². The van der Waals surface area contributed by atoms with Crippen LogP contribution in [0, 0.1) is 11.3 Å². The molecule has 5 N–H and O–H groups in total. The van der Waals surface area contributed by atoms with E-state index in [1.807, 2.05) is 0 Å². The van der Waals surface area contributed by atoms with Crippen molar-refractivity contribution in [3.8, 4) is 11.8 Å². The second-order valence-corrected chi connectivity index (χ2v) is 7.01. The maximum Gasteiger partial charge on any atom is 0.267 e. The average Bonchev–Trinajstić information content (AvgIpc) is 2.77. The number of anilines is 3. The van der Waals surface area contributed by atoms with Gasteiger partial charge in [-0.3, -0.25) is 14.3 Å². The fourth-order valence-corrected chi connectivity index (χ4v) is 3.35. The zero-order valence-electron chi connectivity index (χ0n) is 16.2. The molecule has 3 aromatic heterocycles. The highest BCUT2D eigenvalue weighted by molar-refractivity contribution is 6.35. The van der Waals surface area contributed by atoms with Crippen LogP contribution in [0.1, 0.15) is 24.4 Å². The number of pyridine rings is 1. The molecule has 0 aliphatic heterocycles. The first-order chi connectivity index (χ1) is 14.9. The van der Waals surface area contributed by atoms with E-state index < -0.39 is 11.6 Å². The molecule has 0 aliphatic carbocycles. The smallest absolute Gasteiger partial charge is 0.267 e. The van der Waals surface area contributed by atoms with Gasteiger partial charge in [-0.1, -0.05) is 17.7 Å². The van der Waals surface area contributed by atoms with E-state index in [4.69, 9.17) is 23.1 Å². The van der Waals surface area contributed by atoms with Crippen molar-refractivity contribution >= 4 is 40.1 Å². The van der Waals surface area contributed by atoms with E-state index >= 15 is 0 Å². The summed E-state index contributed by atoms with van der Waals surface area (Å²) in [4.78, 5) is 30.2. The summed E-state index contributed by atoms with van der Waals surface area (Å²) in [5, 5.41) is 12.9. The molecule has 0 radical (unpaired) electrons. The lowest BCUT2D eigenvalue weighted by Gasteiger charge is -2.20. The van der Waals surface area contributed by atoms with Crippen LogP contribution < -0.4 is 22.3 Å². The van der Waals surface area contributed by atoms with Gasteiger partial charge in [0.25, 0.3) is 5.56 Å². The van der Waals surface area contributed by atoms with Crippen LogP contribution in [0.25, 0.3) is 16.6 Å². The van der Waals surface area contributed by atoms with E-state index in [1.165, 1.54) is 10.8 Å². The molecule has 3 heterocycles. The van der Waals surface area contributed by atoms with Crippen molar-refractivity contribution in [2.24, 2.45) is 0 Å². The van der Waals surface area contributed by atoms with Gasteiger partial charge in [0.15, 0.2) is 5.82 Å². The Hall–Kier alpha value is -4.23. The molecule has 0 saturated carbocycles. The first-order valence-electron chi connectivity index (χ1n) is 9.12. The molecule has 0 aliphatic rings. The Balaban J connectivity index is 1.95. The van der Waals surface area contributed by atoms with E-state index in [0.717, 1.165) is 0 Å². The van der Waals surface area contributed by atoms with Gasteiger partial charge in [-0.2, -0.15) is 15.2 Å². The molecule has 1 atom stereocenters. The van der Waals surface area contributed by atoms with Crippen molar-refractivity contribution in [1.82, 2.24) is 24.5 Å². The summed E-state index contributed by atoms with van der Waals surface area (Å²) in [6.45, 7) is 1.78. The Bertz CT molecular complexity index is 1400. The molecule has 31 heavy (non-hydrogen) atoms. The van der Waals surface area contributed by atoms with Crippen molar-refractivity contribution in [3.05, 3.63) is 69.5 Å². The van der Waals surface area contributed by atoms with Gasteiger partial charge < -0.3 is 16.8 Å². The lowest BCUT2D eigenvalue weighted by molar-refractivity contribution is 0.729. The molecule has 4 aromatic rings. The zero-order valence-corrected chi connectivity index (χ0v) is 17.0. The van der Waals surface area contributed by atoms with E-state index in [-0.39, 0.29) is 33.6 Å². The third-order valence-corrected chi connectivity index (χ3v) is 4.96. The summed E-state index contributed by atoms with van der Waals surface area (Å²) in [5.74, 6) is 0.537. The molecule has 0 amide bonds. The van der Waals surface area contributed by atoms with Crippen LogP contribution in [0.15, 0.2) is 47.5 Å². The molecule has 0 fully saturated rings. The minimum Gasteiger partial charge on any atom is -0.382 e. The van der Waals surface area contributed by atoms with Gasteiger partial charge in [0.2, 0.25) is 5.95 Å². The predicted molar refractivity (Wildman–Crippen MR) is 118 cm³/mol. The molecule has 11 heteroatoms. The zero-order chi connectivity index (χ0) is 22.1. The second-order valence-electron chi connectivity index (χ2n) is 6.63. The molecule has 1 aromatic carbocycles. The summed E-state index contributed by atoms with van der Waals surface area (Å²) in [6.07, 6.45) is 3.13. The number of rotatable bonds is 4. The number of nitrogens with one attached hydrogen (secondary N) is 1. The van der Waals surface area contributed by atoms with Crippen LogP contribution in [-0.4, -0.2) is 24.5 Å². The molecule has 0 spiro atoms. The van der Waals surface area contributed by atoms with E-state index in [0.29, 0.717) is 17.0 Å². The van der Waals surface area contributed by atoms with Crippen LogP contribution in [0.2, 0.25) is 5.02 Å². The molecular weight excluding hydrogens is 418 g/mol. The van der Waals surface area contributed by atoms with Crippen LogP contribution in [0.4, 0.5) is 17.6 Å². The number of nitrogens with zero attached hydrogens (tertiary/aromatic N) is 6. The number of fused-ring (bicyclic) bond motifs is 1. The Morgan fingerprint density at radius 1 is 1.19 bits per heavy atom. The lowest BCUT2D eigenvalue weighted by atomic mass is 10.1. The number of hydrogen-bond donors (Lipinski definition) is 3. The minimum atomic E-state index is -0.561. The quantitative estimate of drug-likeness (QED) is 0.438. The Labute approximate surface area is 181 Å². The average molecular weight is 434 g/mol. The predicted octanol–water partition coefficient (Wildman–Crippen LogP) is 2.43. The number of aromatic nitrogens is 5. The maximum absolute atomic E-state index is 13.5. The molecule has 154 valence electrons. The fourth-order valence-electron chi connectivity index (χ4n) is 3.21. The van der Waals surface area contributed by atoms with Gasteiger partial charge in [-0.05, 0) is 31.2 Å². The number of halogens is 1. The van der Waals surface area contributed by atoms with Gasteiger partial charge in [-0.15, -0.1) is 0 Å². The Morgan fingerprint density at radius 3 is 2.71 bits per heavy atom. The van der Waals surface area contributed by atoms with Gasteiger partial charge in [0.05, 0.1) is 34.4 Å². The molecule has 4 rings (SSSR count). The van der Waals surface area contributed by atoms with Crippen LogP contribution in [0.3, 0.4) is 0 Å². The third kappa shape index (κ3) is 3.58. The van der Waals surface area contributed by atoms with Crippen molar-refractivity contribution in [3.63, 3.8) is 0 Å². The van der Waals surface area contributed by atoms with E-state index in [2.05, 4.69) is 31.3 Å². The Morgan fingerprint density at radius 2 is 2.00 bits per heavy atom. The van der Waals surface area contributed by atoms with Gasteiger partial charge in [0.1, 0.15) is 22.7 Å². The van der Waals surface area contributed by atoms with Crippen LogP contribution >= 0.6 is 11.6 Å². The summed E-state index contributed by atoms with van der Waals surface area (Å²) in [7, 11) is 0. The Kier molecular flexibility index (Phi) is 5.10. The first kappa shape index (κ1) is 20.1. The monoisotopic (exact) mass is 433 g/mol. The molecular formula is C20H16ClN9O. The van der Waals surface area contributed by atoms with Crippen molar-refractivity contribution < 1.29 is 0 Å². The van der Waals surface area contributed by atoms with Gasteiger partial charge >= 0.3 is 0 Å². The van der Waals surface area contributed by atoms with Crippen LogP contribution in [-0.2, 0) is 0 Å². The summed E-state index contributed by atoms with van der Waals surface area (Å²) >= 11 is 6.22. The SMILES string of the molecule is CC(Nc1nc(N)nc(N)c1Cl)c1nc2cccc(C#N)c2c(=O)n1-c1cccnc1. The highest BCUT2D eigenvalue weighted by Crippen LogP contribution is 2.29. The van der Waals surface area contributed by atoms with Gasteiger partial charge in [0, 0.05) is 6.20 Å². The normalized spacial score (nSPS) is 11.8. The minimum absolute atomic E-state index is 0.0265. The molecule has 10 nitrogen and oxygen atoms in total. The van der Waals surface area contributed by atoms with Crippen molar-refractivity contribution in [2.75, 3.05) is 16.8 Å². The molecule has 0 bridgehead atoms. The highest BCUT2D eigenvalue weighted by atomic mass is 35.5. The van der Waals surface area contributed by atoms with Crippen molar-refractivity contribution in [1.29, 1.82) is 5.26 Å². The number of benzene rings is 1. The number of hydrogen-bond acceptors (Lipinski definition) is 9. The third-order valence-electron chi connectivity index (χ3n) is 4.58. The van der Waals surface area contributed by atoms with Crippen LogP contribution in [0.5, 0.6) is 0 Å². The molecule has 0 saturated heterocycles. The van der Waals surface area contributed by atoms with Gasteiger partial charge in [-0.25, -0.2) is 4.98 Å². The summed E-state index contributed by atoms with van der Waals surface area (Å²) < 4.78 is 1.40. The summed E-state index contributed by atoms with van der Waals surface area (Å²) in [5.41, 5.74) is 12.2. The largest absolute Gasteiger partial charge is 0.382 e. The molecule has 1 unspecified atom stereocenters. The number of nitrogen functional groups attached to an aromatic ring is 2. The van der Waals surface area contributed by atoms with Crippen molar-refractivity contribution in [2.45, 2.75) is 13.0 Å². The number of nitrogens with two attached hydrogens (primary N) is 2. The standard InChI is InChI=1S/C20H16ClN9O/c1-10(26-17-15(21)16(23)28-20(24)29-17)18-27-13-6-2-4-11(8-22)14(13)19(31)30(18)12-5-3-7-25-9-12/h2-7,9-10H,1H3,(H5,23,24,26,28,29). The highest BCUT2D eigenvalue weighted by Gasteiger charge is 2.21. The lowest BCUT2D eigenvalue weighted by Crippen LogP contribution is -2.28. The fraction of sp³-hybridized carbons (Fsp3) is 0.100.